The summed E-state index contributed by atoms with van der Waals surface area (Å²) in [7, 11) is 0. The first-order valence-corrected chi connectivity index (χ1v) is 4.60. The van der Waals surface area contributed by atoms with Crippen molar-refractivity contribution in [2.24, 2.45) is 0 Å². The van der Waals surface area contributed by atoms with Gasteiger partial charge >= 0.3 is 0 Å². The molecule has 0 radical (unpaired) electrons. The molecule has 0 amide bonds. The van der Waals surface area contributed by atoms with Gasteiger partial charge in [0.1, 0.15) is 6.54 Å². The number of aromatic nitrogens is 1. The van der Waals surface area contributed by atoms with Gasteiger partial charge in [-0.15, -0.1) is 0 Å². The molecule has 13 heavy (non-hydrogen) atoms. The van der Waals surface area contributed by atoms with Gasteiger partial charge in [-0.2, -0.15) is 0 Å². The first-order valence-electron chi connectivity index (χ1n) is 4.60. The van der Waals surface area contributed by atoms with Gasteiger partial charge in [-0.05, 0) is 6.42 Å². The third kappa shape index (κ3) is 5.86. The predicted octanol–water partition coefficient (Wildman–Crippen LogP) is 2.26. The Balaban J connectivity index is 0.000000671. The quantitative estimate of drug-likeness (QED) is 0.393. The minimum atomic E-state index is 1.16. The summed E-state index contributed by atoms with van der Waals surface area (Å²) >= 11 is 0. The van der Waals surface area contributed by atoms with Crippen molar-refractivity contribution in [3.8, 4) is 0 Å². The molecule has 2 heteroatoms. The highest BCUT2D eigenvalue weighted by atomic mass is 14.9. The number of nitrogens with zero attached hydrogens (tertiary/aromatic N) is 2. The van der Waals surface area contributed by atoms with Crippen LogP contribution in [0.3, 0.4) is 0 Å². The molecule has 70 valence electrons. The van der Waals surface area contributed by atoms with Crippen molar-refractivity contribution in [1.29, 1.82) is 5.26 Å². The van der Waals surface area contributed by atoms with Crippen LogP contribution in [0.15, 0.2) is 30.6 Å². The Morgan fingerprint density at radius 3 is 2.23 bits per heavy atom. The Kier molecular flexibility index (Phi) is 7.82. The van der Waals surface area contributed by atoms with E-state index in [0.717, 1.165) is 6.54 Å². The first-order chi connectivity index (χ1) is 6.43. The monoisotopic (exact) mass is 176 g/mol. The molecule has 1 rings (SSSR count). The lowest BCUT2D eigenvalue weighted by atomic mass is 10.2. The van der Waals surface area contributed by atoms with E-state index in [1.54, 1.807) is 0 Å². The Labute approximate surface area is 80.4 Å². The van der Waals surface area contributed by atoms with Gasteiger partial charge < -0.3 is 11.8 Å². The summed E-state index contributed by atoms with van der Waals surface area (Å²) in [6.45, 7) is 8.14. The molecule has 1 heterocycles. The third-order valence-electron chi connectivity index (χ3n) is 1.80. The number of aryl methyl sites for hydroxylation is 1. The van der Waals surface area contributed by atoms with Crippen LogP contribution in [-0.4, -0.2) is 0 Å². The maximum atomic E-state index is 6.25. The molecule has 0 N–H and O–H groups in total. The molecular formula is C11H16N2. The van der Waals surface area contributed by atoms with Crippen molar-refractivity contribution >= 4 is 0 Å². The second-order valence-electron chi connectivity index (χ2n) is 2.82. The topological polar surface area (TPSA) is 27.7 Å². The van der Waals surface area contributed by atoms with Gasteiger partial charge in [0.25, 0.3) is 0 Å². The molecule has 0 unspecified atom stereocenters. The van der Waals surface area contributed by atoms with Crippen molar-refractivity contribution in [3.05, 3.63) is 37.2 Å². The van der Waals surface area contributed by atoms with Crippen LogP contribution in [0, 0.1) is 11.8 Å². The summed E-state index contributed by atoms with van der Waals surface area (Å²) in [6.07, 6.45) is 8.17. The van der Waals surface area contributed by atoms with Gasteiger partial charge in [-0.3, -0.25) is 0 Å². The van der Waals surface area contributed by atoms with Crippen LogP contribution in [-0.2, 0) is 6.54 Å². The predicted molar refractivity (Wildman–Crippen MR) is 51.1 cm³/mol. The number of hydrogen-bond acceptors (Lipinski definition) is 1. The van der Waals surface area contributed by atoms with E-state index in [4.69, 9.17) is 11.8 Å². The highest BCUT2D eigenvalue weighted by molar-refractivity contribution is 4.83. The number of rotatable bonds is 4. The van der Waals surface area contributed by atoms with Crippen molar-refractivity contribution < 1.29 is 4.57 Å². The second kappa shape index (κ2) is 8.73. The average molecular weight is 176 g/mol. The van der Waals surface area contributed by atoms with Gasteiger partial charge in [-0.25, -0.2) is 4.57 Å². The molecule has 0 saturated heterocycles. The highest BCUT2D eigenvalue weighted by Crippen LogP contribution is 1.92. The standard InChI is InChI=1S/C10H16N.CN/c1-2-3-5-8-11-9-6-4-7-10-11;1-2/h4,6-7,9-10H,2-3,5,8H2,1H3;/q+1;-1. The average Bonchev–Trinajstić information content (AvgIpc) is 2.23. The van der Waals surface area contributed by atoms with E-state index in [1.165, 1.54) is 19.3 Å². The normalized spacial score (nSPS) is 8.54. The smallest absolute Gasteiger partial charge is 0.168 e. The van der Waals surface area contributed by atoms with Gasteiger partial charge in [-0.1, -0.05) is 19.4 Å². The summed E-state index contributed by atoms with van der Waals surface area (Å²) in [6, 6.07) is 6.20. The second-order valence-corrected chi connectivity index (χ2v) is 2.82. The highest BCUT2D eigenvalue weighted by Gasteiger charge is 1.94. The number of hydrogen-bond donors (Lipinski definition) is 0. The van der Waals surface area contributed by atoms with E-state index in [0.29, 0.717) is 0 Å². The van der Waals surface area contributed by atoms with Gasteiger partial charge in [0, 0.05) is 18.6 Å². The van der Waals surface area contributed by atoms with E-state index in [2.05, 4.69) is 42.1 Å². The van der Waals surface area contributed by atoms with Crippen LogP contribution in [0.2, 0.25) is 0 Å². The summed E-state index contributed by atoms with van der Waals surface area (Å²) in [5.74, 6) is 0. The van der Waals surface area contributed by atoms with Crippen molar-refractivity contribution in [1.82, 2.24) is 0 Å². The summed E-state index contributed by atoms with van der Waals surface area (Å²) in [4.78, 5) is 0. The molecule has 1 aromatic rings. The number of pyridine rings is 1. The molecule has 0 atom stereocenters. The van der Waals surface area contributed by atoms with Gasteiger partial charge in [0.2, 0.25) is 0 Å². The molecule has 0 bridgehead atoms. The zero-order chi connectivity index (χ0) is 9.94. The summed E-state index contributed by atoms with van der Waals surface area (Å²) < 4.78 is 2.23. The Morgan fingerprint density at radius 2 is 1.69 bits per heavy atom. The Hall–Kier alpha value is -1.36. The van der Waals surface area contributed by atoms with Crippen LogP contribution in [0.25, 0.3) is 0 Å². The molecule has 0 saturated carbocycles. The zero-order valence-electron chi connectivity index (χ0n) is 8.11. The fourth-order valence-corrected chi connectivity index (χ4v) is 1.13. The SMILES string of the molecule is CCCCC[n+]1ccccc1.[C-]#N. The lowest BCUT2D eigenvalue weighted by molar-refractivity contribution is -0.697. The fraction of sp³-hybridized carbons (Fsp3) is 0.455. The first kappa shape index (κ1) is 11.6. The molecule has 0 spiro atoms. The van der Waals surface area contributed by atoms with Crippen LogP contribution < -0.4 is 4.57 Å². The van der Waals surface area contributed by atoms with Gasteiger partial charge in [0.05, 0.1) is 0 Å². The van der Waals surface area contributed by atoms with Gasteiger partial charge in [0.15, 0.2) is 12.4 Å². The Bertz CT molecular complexity index is 216. The van der Waals surface area contributed by atoms with Crippen LogP contribution in [0.5, 0.6) is 0 Å². The maximum absolute atomic E-state index is 6.25. The molecule has 0 aliphatic heterocycles. The largest absolute Gasteiger partial charge is 0.512 e. The van der Waals surface area contributed by atoms with Crippen LogP contribution in [0.1, 0.15) is 26.2 Å². The minimum absolute atomic E-state index is 1.16. The summed E-state index contributed by atoms with van der Waals surface area (Å²) in [5.41, 5.74) is 0. The summed E-state index contributed by atoms with van der Waals surface area (Å²) in [5, 5.41) is 6.25. The molecule has 0 aromatic carbocycles. The van der Waals surface area contributed by atoms with E-state index >= 15 is 0 Å². The fourth-order valence-electron chi connectivity index (χ4n) is 1.13. The van der Waals surface area contributed by atoms with Crippen molar-refractivity contribution in [2.75, 3.05) is 0 Å². The van der Waals surface area contributed by atoms with Crippen molar-refractivity contribution in [3.63, 3.8) is 0 Å². The van der Waals surface area contributed by atoms with E-state index in [1.807, 2.05) is 0 Å². The Morgan fingerprint density at radius 1 is 1.08 bits per heavy atom. The molecule has 0 aliphatic rings. The molecule has 2 nitrogen and oxygen atoms in total. The number of unbranched alkanes of at least 4 members (excludes halogenated alkanes) is 2. The maximum Gasteiger partial charge on any atom is 0.168 e. The van der Waals surface area contributed by atoms with Crippen LogP contribution in [0.4, 0.5) is 0 Å². The lowest BCUT2D eigenvalue weighted by Gasteiger charge is -1.93. The van der Waals surface area contributed by atoms with E-state index < -0.39 is 0 Å². The molecule has 0 fully saturated rings. The lowest BCUT2D eigenvalue weighted by Crippen LogP contribution is -2.31. The molecule has 0 aliphatic carbocycles. The van der Waals surface area contributed by atoms with E-state index in [9.17, 15) is 0 Å². The zero-order valence-corrected chi connectivity index (χ0v) is 8.11. The molecular weight excluding hydrogens is 160 g/mol. The minimum Gasteiger partial charge on any atom is -0.512 e. The van der Waals surface area contributed by atoms with Crippen molar-refractivity contribution in [2.45, 2.75) is 32.7 Å². The van der Waals surface area contributed by atoms with Crippen LogP contribution >= 0.6 is 0 Å². The van der Waals surface area contributed by atoms with E-state index in [-0.39, 0.29) is 0 Å². The third-order valence-corrected chi connectivity index (χ3v) is 1.80. The molecule has 1 aromatic heterocycles.